The van der Waals surface area contributed by atoms with E-state index in [0.717, 1.165) is 22.3 Å². The van der Waals surface area contributed by atoms with E-state index in [4.69, 9.17) is 14.6 Å². The van der Waals surface area contributed by atoms with Crippen LogP contribution >= 0.6 is 0 Å². The van der Waals surface area contributed by atoms with E-state index >= 15 is 0 Å². The van der Waals surface area contributed by atoms with Crippen molar-refractivity contribution in [2.75, 3.05) is 0 Å². The highest BCUT2D eigenvalue weighted by Gasteiger charge is 2.12. The van der Waals surface area contributed by atoms with Crippen molar-refractivity contribution in [1.29, 1.82) is 0 Å². The zero-order chi connectivity index (χ0) is 26.5. The van der Waals surface area contributed by atoms with Gasteiger partial charge >= 0.3 is 11.9 Å². The second-order valence-corrected chi connectivity index (χ2v) is 8.47. The van der Waals surface area contributed by atoms with Gasteiger partial charge in [-0.25, -0.2) is 9.59 Å². The zero-order valence-corrected chi connectivity index (χ0v) is 20.1. The molecule has 5 aromatic rings. The molecule has 0 bridgehead atoms. The lowest BCUT2D eigenvalue weighted by Gasteiger charge is -2.14. The lowest BCUT2D eigenvalue weighted by molar-refractivity contribution is 0.0686. The molecule has 0 saturated heterocycles. The van der Waals surface area contributed by atoms with Gasteiger partial charge in [0.2, 0.25) is 0 Å². The number of carboxylic acid groups (broad SMARTS) is 2. The molecule has 186 valence electrons. The molecule has 0 aliphatic carbocycles. The second-order valence-electron chi connectivity index (χ2n) is 8.47. The first-order valence-electron chi connectivity index (χ1n) is 11.8. The first kappa shape index (κ1) is 24.3. The van der Waals surface area contributed by atoms with E-state index in [1.807, 2.05) is 72.8 Å². The fourth-order valence-electron chi connectivity index (χ4n) is 3.98. The van der Waals surface area contributed by atoms with Gasteiger partial charge in [0, 0.05) is 5.56 Å². The summed E-state index contributed by atoms with van der Waals surface area (Å²) in [7, 11) is 0. The number of benzene rings is 5. The summed E-state index contributed by atoms with van der Waals surface area (Å²) < 4.78 is 12.2. The smallest absolute Gasteiger partial charge is 0.335 e. The minimum atomic E-state index is -0.997. The minimum absolute atomic E-state index is 0.184. The molecule has 2 N–H and O–H groups in total. The summed E-state index contributed by atoms with van der Waals surface area (Å²) in [4.78, 5) is 22.3. The third kappa shape index (κ3) is 5.55. The SMILES string of the molecule is O=C(O)c1ccc(Oc2cccc(-c3ccc(-c4ccccc4)c(Oc4ccc(C(=O)O)cc4)c3)c2)cc1. The van der Waals surface area contributed by atoms with Crippen LogP contribution in [0.2, 0.25) is 0 Å². The number of aromatic carboxylic acids is 2. The molecular formula is C32H22O6. The Morgan fingerprint density at radius 1 is 0.474 bits per heavy atom. The Bertz CT molecular complexity index is 1590. The molecule has 0 heterocycles. The quantitative estimate of drug-likeness (QED) is 0.223. The van der Waals surface area contributed by atoms with Crippen molar-refractivity contribution in [3.8, 4) is 45.3 Å². The first-order chi connectivity index (χ1) is 18.5. The number of hydrogen-bond acceptors (Lipinski definition) is 4. The van der Waals surface area contributed by atoms with Gasteiger partial charge < -0.3 is 19.7 Å². The summed E-state index contributed by atoms with van der Waals surface area (Å²) in [5.41, 5.74) is 4.04. The summed E-state index contributed by atoms with van der Waals surface area (Å²) in [6.45, 7) is 0. The second kappa shape index (κ2) is 10.7. The highest BCUT2D eigenvalue weighted by Crippen LogP contribution is 2.38. The summed E-state index contributed by atoms with van der Waals surface area (Å²) in [6, 6.07) is 35.9. The predicted molar refractivity (Wildman–Crippen MR) is 144 cm³/mol. The average Bonchev–Trinajstić information content (AvgIpc) is 2.94. The van der Waals surface area contributed by atoms with Crippen LogP contribution in [0.25, 0.3) is 22.3 Å². The van der Waals surface area contributed by atoms with Crippen LogP contribution in [-0.2, 0) is 0 Å². The highest BCUT2D eigenvalue weighted by molar-refractivity contribution is 5.88. The van der Waals surface area contributed by atoms with Crippen LogP contribution in [0.3, 0.4) is 0 Å². The molecular weight excluding hydrogens is 480 g/mol. The molecule has 0 amide bonds. The minimum Gasteiger partial charge on any atom is -0.478 e. The average molecular weight is 503 g/mol. The van der Waals surface area contributed by atoms with E-state index in [-0.39, 0.29) is 11.1 Å². The third-order valence-electron chi connectivity index (χ3n) is 5.90. The van der Waals surface area contributed by atoms with Crippen molar-refractivity contribution in [1.82, 2.24) is 0 Å². The zero-order valence-electron chi connectivity index (χ0n) is 20.1. The summed E-state index contributed by atoms with van der Waals surface area (Å²) >= 11 is 0. The molecule has 0 fully saturated rings. The van der Waals surface area contributed by atoms with E-state index in [0.29, 0.717) is 23.0 Å². The van der Waals surface area contributed by atoms with Gasteiger partial charge in [-0.15, -0.1) is 0 Å². The molecule has 5 aromatic carbocycles. The lowest BCUT2D eigenvalue weighted by Crippen LogP contribution is -1.96. The maximum Gasteiger partial charge on any atom is 0.335 e. The molecule has 38 heavy (non-hydrogen) atoms. The molecule has 0 aliphatic heterocycles. The molecule has 0 aliphatic rings. The molecule has 0 radical (unpaired) electrons. The van der Waals surface area contributed by atoms with Gasteiger partial charge in [-0.05, 0) is 83.4 Å². The number of hydrogen-bond donors (Lipinski definition) is 2. The molecule has 0 aromatic heterocycles. The maximum atomic E-state index is 11.2. The van der Waals surface area contributed by atoms with E-state index in [2.05, 4.69) is 0 Å². The molecule has 0 unspecified atom stereocenters. The van der Waals surface area contributed by atoms with Gasteiger partial charge in [0.25, 0.3) is 0 Å². The highest BCUT2D eigenvalue weighted by atomic mass is 16.5. The van der Waals surface area contributed by atoms with Crippen LogP contribution in [0.1, 0.15) is 20.7 Å². The lowest BCUT2D eigenvalue weighted by atomic mass is 9.99. The number of carboxylic acids is 2. The van der Waals surface area contributed by atoms with Gasteiger partial charge in [0.15, 0.2) is 0 Å². The fourth-order valence-corrected chi connectivity index (χ4v) is 3.98. The fraction of sp³-hybridized carbons (Fsp3) is 0. The van der Waals surface area contributed by atoms with Gasteiger partial charge in [-0.1, -0.05) is 54.6 Å². The summed E-state index contributed by atoms with van der Waals surface area (Å²) in [5, 5.41) is 18.3. The topological polar surface area (TPSA) is 93.1 Å². The van der Waals surface area contributed by atoms with Crippen LogP contribution in [0.5, 0.6) is 23.0 Å². The maximum absolute atomic E-state index is 11.2. The van der Waals surface area contributed by atoms with Crippen molar-refractivity contribution in [2.24, 2.45) is 0 Å². The third-order valence-corrected chi connectivity index (χ3v) is 5.90. The Morgan fingerprint density at radius 2 is 1.03 bits per heavy atom. The Kier molecular flexibility index (Phi) is 6.87. The van der Waals surface area contributed by atoms with E-state index in [9.17, 15) is 14.7 Å². The van der Waals surface area contributed by atoms with E-state index in [1.54, 1.807) is 24.3 Å². The predicted octanol–water partition coefficient (Wildman–Crippen LogP) is 8.00. The van der Waals surface area contributed by atoms with E-state index < -0.39 is 11.9 Å². The van der Waals surface area contributed by atoms with Crippen LogP contribution in [0, 0.1) is 0 Å². The number of ether oxygens (including phenoxy) is 2. The van der Waals surface area contributed by atoms with Gasteiger partial charge in [-0.2, -0.15) is 0 Å². The first-order valence-corrected chi connectivity index (χ1v) is 11.8. The van der Waals surface area contributed by atoms with Crippen molar-refractivity contribution in [3.05, 3.63) is 132 Å². The van der Waals surface area contributed by atoms with Crippen LogP contribution in [-0.4, -0.2) is 22.2 Å². The summed E-state index contributed by atoms with van der Waals surface area (Å²) in [5.74, 6) is 0.278. The van der Waals surface area contributed by atoms with Crippen molar-refractivity contribution in [2.45, 2.75) is 0 Å². The number of rotatable bonds is 8. The van der Waals surface area contributed by atoms with Crippen LogP contribution in [0.15, 0.2) is 121 Å². The van der Waals surface area contributed by atoms with Crippen LogP contribution < -0.4 is 9.47 Å². The Labute approximate surface area is 219 Å². The largest absolute Gasteiger partial charge is 0.478 e. The monoisotopic (exact) mass is 502 g/mol. The Morgan fingerprint density at radius 3 is 1.63 bits per heavy atom. The Balaban J connectivity index is 1.47. The normalized spacial score (nSPS) is 10.5. The van der Waals surface area contributed by atoms with Crippen molar-refractivity contribution in [3.63, 3.8) is 0 Å². The molecule has 0 saturated carbocycles. The van der Waals surface area contributed by atoms with Crippen molar-refractivity contribution >= 4 is 11.9 Å². The summed E-state index contributed by atoms with van der Waals surface area (Å²) in [6.07, 6.45) is 0. The van der Waals surface area contributed by atoms with Crippen LogP contribution in [0.4, 0.5) is 0 Å². The standard InChI is InChI=1S/C32H22O6/c33-31(34)22-9-14-26(15-10-22)37-28-8-4-7-24(19-28)25-13-18-29(21-5-2-1-3-6-21)30(20-25)38-27-16-11-23(12-17-27)32(35)36/h1-20H,(H,33,34)(H,35,36). The molecule has 0 spiro atoms. The van der Waals surface area contributed by atoms with E-state index in [1.165, 1.54) is 24.3 Å². The molecule has 0 atom stereocenters. The van der Waals surface area contributed by atoms with Gasteiger partial charge in [0.1, 0.15) is 23.0 Å². The number of carbonyl (C=O) groups is 2. The van der Waals surface area contributed by atoms with Gasteiger partial charge in [-0.3, -0.25) is 0 Å². The van der Waals surface area contributed by atoms with Gasteiger partial charge in [0.05, 0.1) is 11.1 Å². The van der Waals surface area contributed by atoms with Crippen molar-refractivity contribution < 1.29 is 29.3 Å². The molecule has 6 nitrogen and oxygen atoms in total. The Hall–Kier alpha value is -5.36. The molecule has 6 heteroatoms. The molecule has 5 rings (SSSR count).